The Bertz CT molecular complexity index is 1190. The Morgan fingerprint density at radius 3 is 2.63 bits per heavy atom. The zero-order valence-electron chi connectivity index (χ0n) is 17.8. The molecule has 2 heterocycles. The molecule has 1 amide bonds. The number of imidazole rings is 1. The van der Waals surface area contributed by atoms with Crippen molar-refractivity contribution >= 4 is 27.9 Å². The van der Waals surface area contributed by atoms with E-state index in [0.717, 1.165) is 34.4 Å². The Morgan fingerprint density at radius 1 is 1.13 bits per heavy atom. The first-order valence-electron chi connectivity index (χ1n) is 10.4. The van der Waals surface area contributed by atoms with E-state index < -0.39 is 0 Å². The minimum absolute atomic E-state index is 0.0537. The number of hydrogen-bond donors (Lipinski definition) is 1. The lowest BCUT2D eigenvalue weighted by Crippen LogP contribution is -2.29. The molecule has 1 atom stereocenters. The molecular weight excluding hydrogens is 378 g/mol. The molecule has 30 heavy (non-hydrogen) atoms. The molecule has 0 aliphatic heterocycles. The number of furan rings is 1. The van der Waals surface area contributed by atoms with Gasteiger partial charge in [0.15, 0.2) is 5.76 Å². The number of rotatable bonds is 7. The van der Waals surface area contributed by atoms with Crippen LogP contribution in [0.5, 0.6) is 0 Å². The van der Waals surface area contributed by atoms with Crippen molar-refractivity contribution < 1.29 is 13.9 Å². The van der Waals surface area contributed by atoms with E-state index in [1.165, 1.54) is 0 Å². The molecule has 4 aromatic rings. The van der Waals surface area contributed by atoms with Gasteiger partial charge in [-0.1, -0.05) is 30.3 Å². The van der Waals surface area contributed by atoms with Crippen LogP contribution in [0.2, 0.25) is 0 Å². The standard InChI is InChI=1S/C24H27N3O3/c1-5-27-20-12-8-7-11-19(20)26-23(27)16(4)25-24(28)22-18(14-29-15(2)3)17-10-6-9-13-21(17)30-22/h6-13,15-16H,5,14H2,1-4H3,(H,25,28). The molecule has 0 aliphatic carbocycles. The lowest BCUT2D eigenvalue weighted by Gasteiger charge is -2.15. The molecule has 4 rings (SSSR count). The number of fused-ring (bicyclic) bond motifs is 2. The smallest absolute Gasteiger partial charge is 0.288 e. The highest BCUT2D eigenvalue weighted by atomic mass is 16.5. The van der Waals surface area contributed by atoms with Gasteiger partial charge in [0.2, 0.25) is 0 Å². The Balaban J connectivity index is 1.65. The summed E-state index contributed by atoms with van der Waals surface area (Å²) in [5, 5.41) is 3.97. The Morgan fingerprint density at radius 2 is 1.87 bits per heavy atom. The van der Waals surface area contributed by atoms with Crippen LogP contribution >= 0.6 is 0 Å². The monoisotopic (exact) mass is 405 g/mol. The summed E-state index contributed by atoms with van der Waals surface area (Å²) in [6, 6.07) is 15.4. The second-order valence-corrected chi connectivity index (χ2v) is 7.66. The summed E-state index contributed by atoms with van der Waals surface area (Å²) >= 11 is 0. The van der Waals surface area contributed by atoms with Crippen LogP contribution in [0.15, 0.2) is 52.9 Å². The van der Waals surface area contributed by atoms with Crippen LogP contribution in [0.1, 0.15) is 55.7 Å². The Labute approximate surface area is 175 Å². The topological polar surface area (TPSA) is 69.3 Å². The molecule has 156 valence electrons. The molecule has 0 radical (unpaired) electrons. The summed E-state index contributed by atoms with van der Waals surface area (Å²) in [6.45, 7) is 9.05. The van der Waals surface area contributed by atoms with Crippen LogP contribution in [0.3, 0.4) is 0 Å². The number of carbonyl (C=O) groups is 1. The van der Waals surface area contributed by atoms with Gasteiger partial charge in [0.25, 0.3) is 5.91 Å². The van der Waals surface area contributed by atoms with Crippen molar-refractivity contribution in [1.82, 2.24) is 14.9 Å². The van der Waals surface area contributed by atoms with Crippen molar-refractivity contribution in [3.05, 3.63) is 65.7 Å². The van der Waals surface area contributed by atoms with Gasteiger partial charge in [0.05, 0.1) is 29.8 Å². The minimum Gasteiger partial charge on any atom is -0.451 e. The molecule has 1 N–H and O–H groups in total. The number of benzene rings is 2. The van der Waals surface area contributed by atoms with E-state index in [2.05, 4.69) is 16.8 Å². The lowest BCUT2D eigenvalue weighted by atomic mass is 10.1. The summed E-state index contributed by atoms with van der Waals surface area (Å²) in [5.41, 5.74) is 3.43. The molecule has 2 aromatic carbocycles. The highest BCUT2D eigenvalue weighted by Crippen LogP contribution is 2.28. The third-order valence-corrected chi connectivity index (χ3v) is 5.20. The number of carbonyl (C=O) groups excluding carboxylic acids is 1. The van der Waals surface area contributed by atoms with Gasteiger partial charge in [0.1, 0.15) is 11.4 Å². The van der Waals surface area contributed by atoms with E-state index >= 15 is 0 Å². The maximum absolute atomic E-state index is 13.2. The molecule has 0 fully saturated rings. The number of nitrogens with zero attached hydrogens (tertiary/aromatic N) is 2. The zero-order valence-corrected chi connectivity index (χ0v) is 17.8. The third kappa shape index (κ3) is 3.71. The summed E-state index contributed by atoms with van der Waals surface area (Å²) in [5.74, 6) is 0.849. The van der Waals surface area contributed by atoms with Crippen LogP contribution in [-0.4, -0.2) is 21.6 Å². The minimum atomic E-state index is -0.281. The maximum Gasteiger partial charge on any atom is 0.288 e. The van der Waals surface area contributed by atoms with Gasteiger partial charge in [-0.3, -0.25) is 4.79 Å². The Kier molecular flexibility index (Phi) is 5.59. The first-order chi connectivity index (χ1) is 14.5. The predicted molar refractivity (Wildman–Crippen MR) is 117 cm³/mol. The van der Waals surface area contributed by atoms with E-state index in [1.807, 2.05) is 69.3 Å². The molecular formula is C24H27N3O3. The molecule has 2 aromatic heterocycles. The molecule has 0 saturated carbocycles. The van der Waals surface area contributed by atoms with E-state index in [1.54, 1.807) is 0 Å². The molecule has 0 aliphatic rings. The highest BCUT2D eigenvalue weighted by molar-refractivity contribution is 5.99. The van der Waals surface area contributed by atoms with Crippen molar-refractivity contribution in [2.45, 2.75) is 53.0 Å². The summed E-state index contributed by atoms with van der Waals surface area (Å²) in [7, 11) is 0. The average molecular weight is 405 g/mol. The normalized spacial score (nSPS) is 12.7. The number of ether oxygens (including phenoxy) is 1. The number of aromatic nitrogens is 2. The van der Waals surface area contributed by atoms with Crippen LogP contribution < -0.4 is 5.32 Å². The lowest BCUT2D eigenvalue weighted by molar-refractivity contribution is 0.0642. The number of aryl methyl sites for hydroxylation is 1. The van der Waals surface area contributed by atoms with Crippen molar-refractivity contribution in [2.75, 3.05) is 0 Å². The molecule has 0 spiro atoms. The Hall–Kier alpha value is -3.12. The van der Waals surface area contributed by atoms with Gasteiger partial charge >= 0.3 is 0 Å². The van der Waals surface area contributed by atoms with E-state index in [4.69, 9.17) is 14.1 Å². The largest absolute Gasteiger partial charge is 0.451 e. The zero-order chi connectivity index (χ0) is 21.3. The van der Waals surface area contributed by atoms with E-state index in [9.17, 15) is 4.79 Å². The van der Waals surface area contributed by atoms with Gasteiger partial charge in [0, 0.05) is 17.5 Å². The van der Waals surface area contributed by atoms with Crippen LogP contribution in [-0.2, 0) is 17.9 Å². The SMILES string of the molecule is CCn1c(C(C)NC(=O)c2oc3ccccc3c2COC(C)C)nc2ccccc21. The van der Waals surface area contributed by atoms with Crippen molar-refractivity contribution in [1.29, 1.82) is 0 Å². The van der Waals surface area contributed by atoms with Crippen LogP contribution in [0.25, 0.3) is 22.0 Å². The van der Waals surface area contributed by atoms with Gasteiger partial charge < -0.3 is 19.0 Å². The molecule has 0 bridgehead atoms. The fourth-order valence-electron chi connectivity index (χ4n) is 3.76. The van der Waals surface area contributed by atoms with E-state index in [0.29, 0.717) is 18.0 Å². The number of hydrogen-bond acceptors (Lipinski definition) is 4. The quantitative estimate of drug-likeness (QED) is 0.458. The third-order valence-electron chi connectivity index (χ3n) is 5.20. The van der Waals surface area contributed by atoms with Crippen LogP contribution in [0, 0.1) is 0 Å². The second-order valence-electron chi connectivity index (χ2n) is 7.66. The fraction of sp³-hybridized carbons (Fsp3) is 0.333. The first kappa shape index (κ1) is 20.2. The molecule has 1 unspecified atom stereocenters. The van der Waals surface area contributed by atoms with Gasteiger partial charge in [-0.05, 0) is 45.9 Å². The number of amides is 1. The van der Waals surface area contributed by atoms with Crippen molar-refractivity contribution in [2.24, 2.45) is 0 Å². The molecule has 6 heteroatoms. The van der Waals surface area contributed by atoms with Crippen molar-refractivity contribution in [3.8, 4) is 0 Å². The summed E-state index contributed by atoms with van der Waals surface area (Å²) in [4.78, 5) is 17.9. The average Bonchev–Trinajstić information content (AvgIpc) is 3.30. The number of nitrogens with one attached hydrogen (secondary N) is 1. The molecule has 6 nitrogen and oxygen atoms in total. The summed E-state index contributed by atoms with van der Waals surface area (Å²) < 4.78 is 13.8. The maximum atomic E-state index is 13.2. The highest BCUT2D eigenvalue weighted by Gasteiger charge is 2.24. The fourth-order valence-corrected chi connectivity index (χ4v) is 3.76. The van der Waals surface area contributed by atoms with Crippen LogP contribution in [0.4, 0.5) is 0 Å². The molecule has 0 saturated heterocycles. The summed E-state index contributed by atoms with van der Waals surface area (Å²) in [6.07, 6.45) is 0.0537. The predicted octanol–water partition coefficient (Wildman–Crippen LogP) is 5.22. The van der Waals surface area contributed by atoms with Gasteiger partial charge in [-0.15, -0.1) is 0 Å². The first-order valence-corrected chi connectivity index (χ1v) is 10.4. The van der Waals surface area contributed by atoms with E-state index in [-0.39, 0.29) is 18.1 Å². The van der Waals surface area contributed by atoms with Gasteiger partial charge in [-0.2, -0.15) is 0 Å². The van der Waals surface area contributed by atoms with Crippen molar-refractivity contribution in [3.63, 3.8) is 0 Å². The number of para-hydroxylation sites is 3. The van der Waals surface area contributed by atoms with Gasteiger partial charge in [-0.25, -0.2) is 4.98 Å². The second kappa shape index (κ2) is 8.32.